The van der Waals surface area contributed by atoms with E-state index in [2.05, 4.69) is 20.6 Å². The van der Waals surface area contributed by atoms with Crippen LogP contribution in [0.25, 0.3) is 16.9 Å². The number of hydrogen-bond donors (Lipinski definition) is 1. The topological polar surface area (TPSA) is 95.8 Å². The second-order valence-corrected chi connectivity index (χ2v) is 8.06. The molecule has 0 unspecified atom stereocenters. The summed E-state index contributed by atoms with van der Waals surface area (Å²) in [6.07, 6.45) is 1.77. The number of benzene rings is 1. The largest absolute Gasteiger partial charge is 0.493 e. The molecule has 4 aromatic rings. The molecule has 0 amide bonds. The lowest BCUT2D eigenvalue weighted by Crippen LogP contribution is -2.37. The smallest absolute Gasteiger partial charge is 0.229 e. The summed E-state index contributed by atoms with van der Waals surface area (Å²) in [6, 6.07) is 5.70. The second-order valence-electron chi connectivity index (χ2n) is 7.28. The molecule has 1 aliphatic rings. The van der Waals surface area contributed by atoms with Crippen molar-refractivity contribution in [2.45, 2.75) is 0 Å². The fourth-order valence-electron chi connectivity index (χ4n) is 3.75. The van der Waals surface area contributed by atoms with Gasteiger partial charge in [0.15, 0.2) is 28.5 Å². The Kier molecular flexibility index (Phi) is 5.88. The molecule has 0 bridgehead atoms. The molecule has 1 saturated heterocycles. The molecule has 172 valence electrons. The summed E-state index contributed by atoms with van der Waals surface area (Å²) >= 11 is 1.62. The molecular weight excluding hydrogens is 444 g/mol. The van der Waals surface area contributed by atoms with Gasteiger partial charge in [-0.05, 0) is 11.4 Å². The van der Waals surface area contributed by atoms with Gasteiger partial charge < -0.3 is 29.2 Å². The SMILES string of the molecule is COc1cc(Nc2nc(N3CCOCC3)nc3c2ncn3-c2ccsc2)cc(OC)c1OC. The van der Waals surface area contributed by atoms with Gasteiger partial charge in [-0.15, -0.1) is 0 Å². The molecule has 1 N–H and O–H groups in total. The minimum Gasteiger partial charge on any atom is -0.493 e. The normalized spacial score (nSPS) is 13.8. The first-order valence-electron chi connectivity index (χ1n) is 10.4. The number of imidazole rings is 1. The summed E-state index contributed by atoms with van der Waals surface area (Å²) in [5.41, 5.74) is 3.11. The van der Waals surface area contributed by atoms with Crippen LogP contribution in [0.3, 0.4) is 0 Å². The average Bonchev–Trinajstić information content (AvgIpc) is 3.54. The number of methoxy groups -OCH3 is 3. The van der Waals surface area contributed by atoms with E-state index in [0.717, 1.165) is 30.1 Å². The summed E-state index contributed by atoms with van der Waals surface area (Å²) in [6.45, 7) is 2.73. The Bertz CT molecular complexity index is 1230. The maximum absolute atomic E-state index is 5.51. The zero-order chi connectivity index (χ0) is 22.8. The van der Waals surface area contributed by atoms with E-state index in [1.165, 1.54) is 0 Å². The third-order valence-corrected chi connectivity index (χ3v) is 6.06. The highest BCUT2D eigenvalue weighted by molar-refractivity contribution is 7.08. The van der Waals surface area contributed by atoms with Gasteiger partial charge in [0, 0.05) is 36.3 Å². The number of rotatable bonds is 7. The Balaban J connectivity index is 1.63. The lowest BCUT2D eigenvalue weighted by atomic mass is 10.2. The van der Waals surface area contributed by atoms with E-state index >= 15 is 0 Å². The quantitative estimate of drug-likeness (QED) is 0.437. The van der Waals surface area contributed by atoms with Crippen molar-refractivity contribution < 1.29 is 18.9 Å². The van der Waals surface area contributed by atoms with E-state index < -0.39 is 0 Å². The van der Waals surface area contributed by atoms with E-state index in [1.54, 1.807) is 39.0 Å². The van der Waals surface area contributed by atoms with E-state index in [1.807, 2.05) is 28.1 Å². The van der Waals surface area contributed by atoms with Gasteiger partial charge in [0.2, 0.25) is 11.7 Å². The van der Waals surface area contributed by atoms with Crippen LogP contribution in [0.2, 0.25) is 0 Å². The standard InChI is InChI=1S/C22H24N6O4S/c1-29-16-10-14(11-17(30-2)19(16)31-3)24-20-18-21(28(13-23-18)15-4-9-33-12-15)26-22(25-20)27-5-7-32-8-6-27/h4,9-13H,5-8H2,1-3H3,(H,24,25,26). The molecule has 33 heavy (non-hydrogen) atoms. The highest BCUT2D eigenvalue weighted by Gasteiger charge is 2.21. The second kappa shape index (κ2) is 9.12. The highest BCUT2D eigenvalue weighted by atomic mass is 32.1. The molecule has 3 aromatic heterocycles. The Morgan fingerprint density at radius 3 is 2.42 bits per heavy atom. The summed E-state index contributed by atoms with van der Waals surface area (Å²) in [7, 11) is 4.75. The minimum atomic E-state index is 0.522. The third kappa shape index (κ3) is 4.00. The number of nitrogens with zero attached hydrogens (tertiary/aromatic N) is 5. The predicted molar refractivity (Wildman–Crippen MR) is 127 cm³/mol. The number of hydrogen-bond acceptors (Lipinski definition) is 10. The summed E-state index contributed by atoms with van der Waals surface area (Å²) in [5.74, 6) is 2.82. The van der Waals surface area contributed by atoms with Gasteiger partial charge in [-0.1, -0.05) is 0 Å². The van der Waals surface area contributed by atoms with Crippen LogP contribution in [-0.2, 0) is 4.74 Å². The van der Waals surface area contributed by atoms with Gasteiger partial charge in [-0.3, -0.25) is 4.57 Å². The summed E-state index contributed by atoms with van der Waals surface area (Å²) in [5, 5.41) is 7.48. The van der Waals surface area contributed by atoms with E-state index in [0.29, 0.717) is 47.7 Å². The maximum Gasteiger partial charge on any atom is 0.229 e. The number of nitrogens with one attached hydrogen (secondary N) is 1. The zero-order valence-corrected chi connectivity index (χ0v) is 19.4. The van der Waals surface area contributed by atoms with Crippen molar-refractivity contribution in [3.63, 3.8) is 0 Å². The molecule has 1 aliphatic heterocycles. The van der Waals surface area contributed by atoms with Gasteiger partial charge in [0.1, 0.15) is 6.33 Å². The number of morpholine rings is 1. The van der Waals surface area contributed by atoms with Crippen LogP contribution in [0.15, 0.2) is 35.3 Å². The molecule has 0 spiro atoms. The average molecular weight is 469 g/mol. The van der Waals surface area contributed by atoms with Crippen LogP contribution >= 0.6 is 11.3 Å². The van der Waals surface area contributed by atoms with Crippen LogP contribution in [0, 0.1) is 0 Å². The molecule has 10 nitrogen and oxygen atoms in total. The van der Waals surface area contributed by atoms with Crippen molar-refractivity contribution in [1.82, 2.24) is 19.5 Å². The first-order valence-corrected chi connectivity index (χ1v) is 11.3. The van der Waals surface area contributed by atoms with E-state index in [9.17, 15) is 0 Å². The Labute approximate surface area is 194 Å². The molecule has 4 heterocycles. The van der Waals surface area contributed by atoms with Crippen molar-refractivity contribution in [3.8, 4) is 22.9 Å². The van der Waals surface area contributed by atoms with Crippen molar-refractivity contribution in [1.29, 1.82) is 0 Å². The minimum absolute atomic E-state index is 0.522. The van der Waals surface area contributed by atoms with Crippen LogP contribution in [0.4, 0.5) is 17.5 Å². The van der Waals surface area contributed by atoms with Crippen LogP contribution in [0.5, 0.6) is 17.2 Å². The van der Waals surface area contributed by atoms with E-state index in [-0.39, 0.29) is 0 Å². The van der Waals surface area contributed by atoms with Gasteiger partial charge in [-0.25, -0.2) is 4.98 Å². The van der Waals surface area contributed by atoms with Crippen molar-refractivity contribution in [3.05, 3.63) is 35.3 Å². The van der Waals surface area contributed by atoms with Gasteiger partial charge in [-0.2, -0.15) is 21.3 Å². The fraction of sp³-hybridized carbons (Fsp3) is 0.318. The molecule has 11 heteroatoms. The molecule has 1 fully saturated rings. The number of ether oxygens (including phenoxy) is 4. The van der Waals surface area contributed by atoms with Gasteiger partial charge in [0.25, 0.3) is 0 Å². The Morgan fingerprint density at radius 2 is 1.79 bits per heavy atom. The molecule has 0 aliphatic carbocycles. The molecule has 0 saturated carbocycles. The van der Waals surface area contributed by atoms with Crippen LogP contribution in [0.1, 0.15) is 0 Å². The van der Waals surface area contributed by atoms with Gasteiger partial charge in [0.05, 0.1) is 40.2 Å². The summed E-state index contributed by atoms with van der Waals surface area (Å²) < 4.78 is 23.9. The first-order chi connectivity index (χ1) is 16.2. The Hall–Kier alpha value is -3.57. The fourth-order valence-corrected chi connectivity index (χ4v) is 4.38. The van der Waals surface area contributed by atoms with Crippen molar-refractivity contribution in [2.24, 2.45) is 0 Å². The third-order valence-electron chi connectivity index (χ3n) is 5.39. The highest BCUT2D eigenvalue weighted by Crippen LogP contribution is 2.41. The number of thiophene rings is 1. The number of anilines is 3. The molecule has 5 rings (SSSR count). The van der Waals surface area contributed by atoms with Gasteiger partial charge >= 0.3 is 0 Å². The predicted octanol–water partition coefficient (Wildman–Crippen LogP) is 3.48. The maximum atomic E-state index is 5.51. The molecule has 1 aromatic carbocycles. The van der Waals surface area contributed by atoms with Crippen molar-refractivity contribution in [2.75, 3.05) is 57.8 Å². The molecule has 0 atom stereocenters. The summed E-state index contributed by atoms with van der Waals surface area (Å²) in [4.78, 5) is 16.4. The number of aromatic nitrogens is 4. The first kappa shape index (κ1) is 21.3. The zero-order valence-electron chi connectivity index (χ0n) is 18.6. The van der Waals surface area contributed by atoms with Crippen LogP contribution < -0.4 is 24.4 Å². The lowest BCUT2D eigenvalue weighted by Gasteiger charge is -2.27. The molecule has 0 radical (unpaired) electrons. The van der Waals surface area contributed by atoms with E-state index in [4.69, 9.17) is 28.9 Å². The van der Waals surface area contributed by atoms with Crippen LogP contribution in [-0.4, -0.2) is 67.2 Å². The molecular formula is C22H24N6O4S. The Morgan fingerprint density at radius 1 is 1.03 bits per heavy atom. The monoisotopic (exact) mass is 468 g/mol. The lowest BCUT2D eigenvalue weighted by molar-refractivity contribution is 0.122. The number of fused-ring (bicyclic) bond motifs is 1. The van der Waals surface area contributed by atoms with Crippen molar-refractivity contribution >= 4 is 40.0 Å².